The average Bonchev–Trinajstić information content (AvgIpc) is 2.45. The lowest BCUT2D eigenvalue weighted by Crippen LogP contribution is -2.51. The quantitative estimate of drug-likeness (QED) is 0.460. The van der Waals surface area contributed by atoms with E-state index in [1.54, 1.807) is 0 Å². The van der Waals surface area contributed by atoms with E-state index < -0.39 is 29.1 Å². The molecule has 0 radical (unpaired) electrons. The summed E-state index contributed by atoms with van der Waals surface area (Å²) in [5.41, 5.74) is -1.58. The monoisotopic (exact) mass is 332 g/mol. The zero-order chi connectivity index (χ0) is 18.8. The Morgan fingerprint density at radius 3 is 1.91 bits per heavy atom. The van der Waals surface area contributed by atoms with E-state index in [0.717, 1.165) is 7.11 Å². The predicted octanol–water partition coefficient (Wildman–Crippen LogP) is -0.0582. The third kappa shape index (κ3) is 8.92. The number of nitrogens with one attached hydrogen (secondary N) is 2. The summed E-state index contributed by atoms with van der Waals surface area (Å²) in [4.78, 5) is 46.0. The van der Waals surface area contributed by atoms with Crippen LogP contribution in [0.5, 0.6) is 0 Å². The highest BCUT2D eigenvalue weighted by Gasteiger charge is 2.40. The first-order valence-corrected chi connectivity index (χ1v) is 7.24. The molecule has 0 saturated heterocycles. The van der Waals surface area contributed by atoms with Crippen molar-refractivity contribution in [3.8, 4) is 0 Å². The Morgan fingerprint density at radius 1 is 1.09 bits per heavy atom. The van der Waals surface area contributed by atoms with Crippen LogP contribution in [-0.2, 0) is 19.2 Å². The van der Waals surface area contributed by atoms with Gasteiger partial charge in [0.05, 0.1) is 12.6 Å². The number of hydrogen-bond donors (Lipinski definition) is 4. The Balaban J connectivity index is 0. The maximum atomic E-state index is 12.3. The zero-order valence-electron chi connectivity index (χ0n) is 14.6. The van der Waals surface area contributed by atoms with Gasteiger partial charge in [0.1, 0.15) is 5.41 Å². The van der Waals surface area contributed by atoms with E-state index in [4.69, 9.17) is 10.2 Å². The predicted molar refractivity (Wildman–Crippen MR) is 84.6 cm³/mol. The van der Waals surface area contributed by atoms with Crippen molar-refractivity contribution in [3.63, 3.8) is 0 Å². The van der Waals surface area contributed by atoms with Gasteiger partial charge in [-0.25, -0.2) is 0 Å². The molecule has 0 unspecified atom stereocenters. The van der Waals surface area contributed by atoms with Crippen LogP contribution in [0.1, 0.15) is 41.0 Å². The maximum Gasteiger partial charge on any atom is 0.316 e. The van der Waals surface area contributed by atoms with Crippen LogP contribution in [0.4, 0.5) is 0 Å². The molecular weight excluding hydrogens is 304 g/mol. The molecule has 0 aromatic heterocycles. The lowest BCUT2D eigenvalue weighted by Gasteiger charge is -2.26. The number of Topliss-reactive ketones (excluding diaryl/α,β-unsaturated/α-hetero) is 1. The van der Waals surface area contributed by atoms with Crippen molar-refractivity contribution in [2.75, 3.05) is 13.7 Å². The number of amides is 2. The number of carboxylic acids is 1. The minimum Gasteiger partial charge on any atom is -0.481 e. The molecule has 0 saturated carbocycles. The van der Waals surface area contributed by atoms with Gasteiger partial charge in [-0.05, 0) is 26.2 Å². The molecule has 0 aliphatic rings. The molecule has 23 heavy (non-hydrogen) atoms. The topological polar surface area (TPSA) is 133 Å². The van der Waals surface area contributed by atoms with Crippen molar-refractivity contribution in [2.24, 2.45) is 11.3 Å². The van der Waals surface area contributed by atoms with E-state index in [1.165, 1.54) is 20.8 Å². The first-order chi connectivity index (χ1) is 10.5. The van der Waals surface area contributed by atoms with Crippen LogP contribution >= 0.6 is 0 Å². The first-order valence-electron chi connectivity index (χ1n) is 7.24. The largest absolute Gasteiger partial charge is 0.481 e. The summed E-state index contributed by atoms with van der Waals surface area (Å²) in [5, 5.41) is 20.9. The molecular formula is C15H28N2O6. The fourth-order valence-corrected chi connectivity index (χ4v) is 1.69. The SMILES string of the molecule is CC(=O)NCC(=O)N[C@@H](CC(C)C)C(=O)C(C)(C)C(=O)O.CO. The first kappa shape index (κ1) is 23.3. The second-order valence-electron chi connectivity index (χ2n) is 5.95. The number of aliphatic carboxylic acids is 1. The van der Waals surface area contributed by atoms with Crippen molar-refractivity contribution >= 4 is 23.6 Å². The Bertz CT molecular complexity index is 432. The molecule has 8 nitrogen and oxygen atoms in total. The highest BCUT2D eigenvalue weighted by atomic mass is 16.4. The molecule has 0 aromatic rings. The molecule has 0 bridgehead atoms. The summed E-state index contributed by atoms with van der Waals surface area (Å²) in [6, 6.07) is -0.891. The van der Waals surface area contributed by atoms with Crippen molar-refractivity contribution in [1.29, 1.82) is 0 Å². The van der Waals surface area contributed by atoms with Crippen LogP contribution in [0.15, 0.2) is 0 Å². The van der Waals surface area contributed by atoms with Gasteiger partial charge in [-0.15, -0.1) is 0 Å². The standard InChI is InChI=1S/C14H24N2O5.CH4O/c1-8(2)6-10(12(19)14(4,5)13(20)21)16-11(18)7-15-9(3)17;1-2/h8,10H,6-7H2,1-5H3,(H,15,17)(H,16,18)(H,20,21);2H,1H3/t10-;/m0./s1. The molecule has 1 atom stereocenters. The highest BCUT2D eigenvalue weighted by molar-refractivity contribution is 6.06. The van der Waals surface area contributed by atoms with Crippen LogP contribution in [-0.4, -0.2) is 53.5 Å². The van der Waals surface area contributed by atoms with Crippen molar-refractivity contribution in [2.45, 2.75) is 47.1 Å². The number of ketones is 1. The van der Waals surface area contributed by atoms with Gasteiger partial charge in [0, 0.05) is 14.0 Å². The number of aliphatic hydroxyl groups excluding tert-OH is 1. The fourth-order valence-electron chi connectivity index (χ4n) is 1.69. The summed E-state index contributed by atoms with van der Waals surface area (Å²) in [6.07, 6.45) is 0.335. The van der Waals surface area contributed by atoms with Crippen LogP contribution in [0.3, 0.4) is 0 Å². The van der Waals surface area contributed by atoms with Crippen LogP contribution in [0, 0.1) is 11.3 Å². The zero-order valence-corrected chi connectivity index (χ0v) is 14.6. The molecule has 0 heterocycles. The van der Waals surface area contributed by atoms with E-state index >= 15 is 0 Å². The van der Waals surface area contributed by atoms with Gasteiger partial charge < -0.3 is 20.8 Å². The summed E-state index contributed by atoms with van der Waals surface area (Å²) in [6.45, 7) is 7.39. The molecule has 0 rings (SSSR count). The summed E-state index contributed by atoms with van der Waals surface area (Å²) in [7, 11) is 1.00. The third-order valence-electron chi connectivity index (χ3n) is 3.01. The van der Waals surface area contributed by atoms with Crippen molar-refractivity contribution in [1.82, 2.24) is 10.6 Å². The van der Waals surface area contributed by atoms with E-state index in [1.807, 2.05) is 13.8 Å². The Labute approximate surface area is 136 Å². The highest BCUT2D eigenvalue weighted by Crippen LogP contribution is 2.21. The van der Waals surface area contributed by atoms with Gasteiger partial charge in [0.25, 0.3) is 0 Å². The number of carbonyl (C=O) groups excluding carboxylic acids is 3. The van der Waals surface area contributed by atoms with Gasteiger partial charge in [-0.1, -0.05) is 13.8 Å². The molecule has 0 spiro atoms. The van der Waals surface area contributed by atoms with Crippen LogP contribution < -0.4 is 10.6 Å². The number of aliphatic hydroxyl groups is 1. The second-order valence-corrected chi connectivity index (χ2v) is 5.95. The maximum absolute atomic E-state index is 12.3. The Morgan fingerprint density at radius 2 is 1.57 bits per heavy atom. The van der Waals surface area contributed by atoms with E-state index in [9.17, 15) is 19.2 Å². The van der Waals surface area contributed by atoms with Gasteiger partial charge >= 0.3 is 5.97 Å². The minimum absolute atomic E-state index is 0.101. The number of carboxylic acid groups (broad SMARTS) is 1. The van der Waals surface area contributed by atoms with E-state index in [0.29, 0.717) is 6.42 Å². The lowest BCUT2D eigenvalue weighted by molar-refractivity contribution is -0.154. The second kappa shape index (κ2) is 10.7. The average molecular weight is 332 g/mol. The molecule has 0 aliphatic carbocycles. The van der Waals surface area contributed by atoms with Crippen LogP contribution in [0.25, 0.3) is 0 Å². The van der Waals surface area contributed by atoms with Gasteiger partial charge in [-0.3, -0.25) is 19.2 Å². The van der Waals surface area contributed by atoms with E-state index in [2.05, 4.69) is 10.6 Å². The molecule has 4 N–H and O–H groups in total. The molecule has 0 aromatic carbocycles. The molecule has 0 aliphatic heterocycles. The molecule has 0 fully saturated rings. The summed E-state index contributed by atoms with van der Waals surface area (Å²) < 4.78 is 0. The van der Waals surface area contributed by atoms with Crippen LogP contribution in [0.2, 0.25) is 0 Å². The van der Waals surface area contributed by atoms with Gasteiger partial charge in [-0.2, -0.15) is 0 Å². The van der Waals surface area contributed by atoms with E-state index in [-0.39, 0.29) is 18.4 Å². The van der Waals surface area contributed by atoms with Crippen molar-refractivity contribution in [3.05, 3.63) is 0 Å². The minimum atomic E-state index is -1.58. The smallest absolute Gasteiger partial charge is 0.316 e. The van der Waals surface area contributed by atoms with Gasteiger partial charge in [0.15, 0.2) is 5.78 Å². The fraction of sp³-hybridized carbons (Fsp3) is 0.733. The summed E-state index contributed by atoms with van der Waals surface area (Å²) >= 11 is 0. The molecule has 2 amide bonds. The summed E-state index contributed by atoms with van der Waals surface area (Å²) in [5.74, 6) is -2.57. The lowest BCUT2D eigenvalue weighted by atomic mass is 9.82. The normalized spacial score (nSPS) is 11.8. The number of rotatable bonds is 8. The van der Waals surface area contributed by atoms with Gasteiger partial charge in [0.2, 0.25) is 11.8 Å². The Hall–Kier alpha value is -1.96. The number of hydrogen-bond acceptors (Lipinski definition) is 5. The van der Waals surface area contributed by atoms with Crippen molar-refractivity contribution < 1.29 is 29.4 Å². The third-order valence-corrected chi connectivity index (χ3v) is 3.01. The Kier molecular flexibility index (Phi) is 10.9. The number of carbonyl (C=O) groups is 4. The molecule has 134 valence electrons. The molecule has 8 heteroatoms.